The van der Waals surface area contributed by atoms with E-state index in [9.17, 15) is 4.79 Å². The number of ether oxygens (including phenoxy) is 1. The molecule has 3 heteroatoms. The van der Waals surface area contributed by atoms with Gasteiger partial charge in [-0.2, -0.15) is 0 Å². The van der Waals surface area contributed by atoms with Gasteiger partial charge in [0.2, 0.25) is 0 Å². The maximum atomic E-state index is 12.0. The van der Waals surface area contributed by atoms with Gasteiger partial charge >= 0.3 is 5.97 Å². The number of rotatable bonds is 1. The van der Waals surface area contributed by atoms with Gasteiger partial charge in [-0.05, 0) is 58.3 Å². The van der Waals surface area contributed by atoms with Crippen molar-refractivity contribution in [2.75, 3.05) is 0 Å². The summed E-state index contributed by atoms with van der Waals surface area (Å²) in [6.07, 6.45) is 4.31. The lowest BCUT2D eigenvalue weighted by Gasteiger charge is -2.45. The summed E-state index contributed by atoms with van der Waals surface area (Å²) in [5, 5.41) is 0. The molecule has 0 aromatic rings. The second-order valence-electron chi connectivity index (χ2n) is 6.37. The van der Waals surface area contributed by atoms with Crippen molar-refractivity contribution in [2.24, 2.45) is 23.5 Å². The summed E-state index contributed by atoms with van der Waals surface area (Å²) in [6.45, 7) is 5.78. The molecule has 0 heterocycles. The molecule has 0 aromatic heterocycles. The first-order valence-corrected chi connectivity index (χ1v) is 6.35. The van der Waals surface area contributed by atoms with Gasteiger partial charge in [0.15, 0.2) is 0 Å². The first-order valence-electron chi connectivity index (χ1n) is 6.35. The van der Waals surface area contributed by atoms with E-state index in [1.165, 1.54) is 6.42 Å². The topological polar surface area (TPSA) is 52.3 Å². The van der Waals surface area contributed by atoms with Gasteiger partial charge in [-0.15, -0.1) is 0 Å². The molecule has 92 valence electrons. The van der Waals surface area contributed by atoms with Gasteiger partial charge in [-0.1, -0.05) is 0 Å². The minimum atomic E-state index is -0.365. The smallest absolute Gasteiger partial charge is 0.309 e. The fourth-order valence-electron chi connectivity index (χ4n) is 3.14. The van der Waals surface area contributed by atoms with Gasteiger partial charge in [-0.25, -0.2) is 0 Å². The van der Waals surface area contributed by atoms with Crippen molar-refractivity contribution in [1.82, 2.24) is 0 Å². The van der Waals surface area contributed by atoms with Crippen LogP contribution in [-0.2, 0) is 9.53 Å². The minimum Gasteiger partial charge on any atom is -0.460 e. The van der Waals surface area contributed by atoms with Gasteiger partial charge in [0.25, 0.3) is 0 Å². The lowest BCUT2D eigenvalue weighted by molar-refractivity contribution is -0.166. The van der Waals surface area contributed by atoms with E-state index in [0.717, 1.165) is 19.3 Å². The molecule has 3 rings (SSSR count). The molecule has 3 aliphatic carbocycles. The zero-order valence-corrected chi connectivity index (χ0v) is 10.5. The second-order valence-corrected chi connectivity index (χ2v) is 6.37. The molecule has 0 aliphatic heterocycles. The molecule has 0 saturated heterocycles. The summed E-state index contributed by atoms with van der Waals surface area (Å²) in [4.78, 5) is 12.0. The number of nitrogens with two attached hydrogens (primary N) is 1. The van der Waals surface area contributed by atoms with Crippen LogP contribution in [0.2, 0.25) is 0 Å². The highest BCUT2D eigenvalue weighted by Gasteiger charge is 2.44. The summed E-state index contributed by atoms with van der Waals surface area (Å²) in [5.74, 6) is 1.12. The fourth-order valence-corrected chi connectivity index (χ4v) is 3.14. The molecule has 3 fully saturated rings. The zero-order valence-electron chi connectivity index (χ0n) is 10.5. The van der Waals surface area contributed by atoms with Crippen LogP contribution >= 0.6 is 0 Å². The SMILES string of the molecule is CC(C)(C)OC(=O)[C@@H]1C[C@H]2CC[C@@H]1C[C@H]2N. The van der Waals surface area contributed by atoms with Crippen molar-refractivity contribution in [2.45, 2.75) is 58.1 Å². The first kappa shape index (κ1) is 11.9. The predicted octanol–water partition coefficient (Wildman–Crippen LogP) is 2.09. The van der Waals surface area contributed by atoms with Crippen molar-refractivity contribution in [3.63, 3.8) is 0 Å². The average Bonchev–Trinajstić information content (AvgIpc) is 2.15. The molecule has 0 unspecified atom stereocenters. The number of hydrogen-bond donors (Lipinski definition) is 1. The van der Waals surface area contributed by atoms with E-state index < -0.39 is 0 Å². The highest BCUT2D eigenvalue weighted by molar-refractivity contribution is 5.73. The van der Waals surface area contributed by atoms with Crippen LogP contribution in [0.3, 0.4) is 0 Å². The zero-order chi connectivity index (χ0) is 11.9. The van der Waals surface area contributed by atoms with Gasteiger partial charge in [0.05, 0.1) is 5.92 Å². The highest BCUT2D eigenvalue weighted by atomic mass is 16.6. The van der Waals surface area contributed by atoms with Crippen molar-refractivity contribution < 1.29 is 9.53 Å². The van der Waals surface area contributed by atoms with Crippen molar-refractivity contribution in [1.29, 1.82) is 0 Å². The van der Waals surface area contributed by atoms with Crippen LogP contribution in [0.25, 0.3) is 0 Å². The van der Waals surface area contributed by atoms with E-state index in [1.807, 2.05) is 20.8 Å². The van der Waals surface area contributed by atoms with Crippen LogP contribution in [0, 0.1) is 17.8 Å². The Morgan fingerprint density at radius 1 is 1.19 bits per heavy atom. The molecular weight excluding hydrogens is 202 g/mol. The highest BCUT2D eigenvalue weighted by Crippen LogP contribution is 2.45. The third-order valence-corrected chi connectivity index (χ3v) is 3.92. The Morgan fingerprint density at radius 2 is 1.81 bits per heavy atom. The van der Waals surface area contributed by atoms with E-state index in [-0.39, 0.29) is 17.5 Å². The third-order valence-electron chi connectivity index (χ3n) is 3.92. The van der Waals surface area contributed by atoms with E-state index >= 15 is 0 Å². The largest absolute Gasteiger partial charge is 0.460 e. The number of fused-ring (bicyclic) bond motifs is 3. The van der Waals surface area contributed by atoms with Crippen molar-refractivity contribution in [3.8, 4) is 0 Å². The van der Waals surface area contributed by atoms with Crippen LogP contribution in [-0.4, -0.2) is 17.6 Å². The first-order chi connectivity index (χ1) is 7.37. The number of hydrogen-bond acceptors (Lipinski definition) is 3. The molecule has 0 spiro atoms. The second kappa shape index (κ2) is 4.02. The summed E-state index contributed by atoms with van der Waals surface area (Å²) in [6, 6.07) is 0.317. The van der Waals surface area contributed by atoms with Gasteiger partial charge in [-0.3, -0.25) is 4.79 Å². The maximum absolute atomic E-state index is 12.0. The molecule has 3 aliphatic rings. The fraction of sp³-hybridized carbons (Fsp3) is 0.923. The Morgan fingerprint density at radius 3 is 2.25 bits per heavy atom. The van der Waals surface area contributed by atoms with E-state index in [0.29, 0.717) is 17.9 Å². The van der Waals surface area contributed by atoms with Crippen molar-refractivity contribution in [3.05, 3.63) is 0 Å². The standard InChI is InChI=1S/C13H23NO2/c1-13(2,3)16-12(15)10-6-9-5-4-8(10)7-11(9)14/h8-11H,4-7,14H2,1-3H3/t8-,9-,10-,11-/m1/s1. The summed E-state index contributed by atoms with van der Waals surface area (Å²) in [7, 11) is 0. The average molecular weight is 225 g/mol. The molecule has 0 radical (unpaired) electrons. The predicted molar refractivity (Wildman–Crippen MR) is 62.8 cm³/mol. The Kier molecular flexibility index (Phi) is 2.99. The number of carbonyl (C=O) groups is 1. The Hall–Kier alpha value is -0.570. The van der Waals surface area contributed by atoms with E-state index in [1.54, 1.807) is 0 Å². The van der Waals surface area contributed by atoms with Gasteiger partial charge in [0, 0.05) is 6.04 Å². The van der Waals surface area contributed by atoms with Crippen LogP contribution in [0.15, 0.2) is 0 Å². The molecule has 0 amide bonds. The molecule has 0 aromatic carbocycles. The van der Waals surface area contributed by atoms with Crippen LogP contribution in [0.5, 0.6) is 0 Å². The van der Waals surface area contributed by atoms with E-state index in [2.05, 4.69) is 0 Å². The van der Waals surface area contributed by atoms with E-state index in [4.69, 9.17) is 10.5 Å². The van der Waals surface area contributed by atoms with Crippen LogP contribution < -0.4 is 5.73 Å². The van der Waals surface area contributed by atoms with Gasteiger partial charge < -0.3 is 10.5 Å². The van der Waals surface area contributed by atoms with Crippen LogP contribution in [0.1, 0.15) is 46.5 Å². The Balaban J connectivity index is 1.99. The molecule has 3 nitrogen and oxygen atoms in total. The lowest BCUT2D eigenvalue weighted by Crippen LogP contribution is -2.48. The molecule has 2 N–H and O–H groups in total. The normalized spacial score (nSPS) is 38.5. The molecule has 16 heavy (non-hydrogen) atoms. The number of carbonyl (C=O) groups excluding carboxylic acids is 1. The third kappa shape index (κ3) is 2.40. The van der Waals surface area contributed by atoms with Crippen molar-refractivity contribution >= 4 is 5.97 Å². The van der Waals surface area contributed by atoms with Gasteiger partial charge in [0.1, 0.15) is 5.60 Å². The Bertz CT molecular complexity index is 282. The monoisotopic (exact) mass is 225 g/mol. The Labute approximate surface area is 97.7 Å². The summed E-state index contributed by atoms with van der Waals surface area (Å²) in [5.41, 5.74) is 5.69. The molecule has 3 saturated carbocycles. The minimum absolute atomic E-state index is 0.00546. The quantitative estimate of drug-likeness (QED) is 0.695. The van der Waals surface area contributed by atoms with Crippen LogP contribution in [0.4, 0.5) is 0 Å². The number of esters is 1. The molecular formula is C13H23NO2. The lowest BCUT2D eigenvalue weighted by atomic mass is 9.62. The maximum Gasteiger partial charge on any atom is 0.309 e. The summed E-state index contributed by atoms with van der Waals surface area (Å²) >= 11 is 0. The molecule has 4 atom stereocenters. The molecule has 2 bridgehead atoms. The summed E-state index contributed by atoms with van der Waals surface area (Å²) < 4.78 is 5.49.